The third-order valence-electron chi connectivity index (χ3n) is 4.63. The maximum Gasteiger partial charge on any atom is 0.335 e. The number of hydrogen-bond acceptors (Lipinski definition) is 4. The molecule has 0 aliphatic carbocycles. The normalized spacial score (nSPS) is 16.4. The third kappa shape index (κ3) is 4.59. The van der Waals surface area contributed by atoms with Gasteiger partial charge >= 0.3 is 5.97 Å². The summed E-state index contributed by atoms with van der Waals surface area (Å²) in [6.45, 7) is 6.32. The molecule has 2 aromatic carbocycles. The molecule has 25 heavy (non-hydrogen) atoms. The summed E-state index contributed by atoms with van der Waals surface area (Å²) in [7, 11) is 0. The lowest BCUT2D eigenvalue weighted by molar-refractivity contribution is 0.0199. The standard InChI is InChI=1S/C20H24N2O3/c1-15(22-8-10-25-11-9-22)17-5-3-7-19(13-17)21-14-16-4-2-6-18(12-16)20(23)24/h2-7,12-13,15,21H,8-11,14H2,1H3,(H,23,24). The highest BCUT2D eigenvalue weighted by Gasteiger charge is 2.18. The summed E-state index contributed by atoms with van der Waals surface area (Å²) in [6.07, 6.45) is 0. The van der Waals surface area contributed by atoms with E-state index in [-0.39, 0.29) is 0 Å². The minimum atomic E-state index is -0.900. The Labute approximate surface area is 148 Å². The lowest BCUT2D eigenvalue weighted by Crippen LogP contribution is -2.38. The van der Waals surface area contributed by atoms with Crippen LogP contribution in [-0.2, 0) is 11.3 Å². The smallest absolute Gasteiger partial charge is 0.335 e. The Bertz CT molecular complexity index is 726. The molecule has 3 rings (SSSR count). The number of carbonyl (C=O) groups is 1. The van der Waals surface area contributed by atoms with Crippen molar-refractivity contribution in [3.63, 3.8) is 0 Å². The SMILES string of the molecule is CC(c1cccc(NCc2cccc(C(=O)O)c2)c1)N1CCOCC1. The lowest BCUT2D eigenvalue weighted by atomic mass is 10.1. The average Bonchev–Trinajstić information content (AvgIpc) is 2.67. The third-order valence-corrected chi connectivity index (χ3v) is 4.63. The summed E-state index contributed by atoms with van der Waals surface area (Å²) in [5.41, 5.74) is 3.57. The molecule has 1 heterocycles. The van der Waals surface area contributed by atoms with Crippen molar-refractivity contribution in [2.24, 2.45) is 0 Å². The molecular weight excluding hydrogens is 316 g/mol. The van der Waals surface area contributed by atoms with Gasteiger partial charge in [0.15, 0.2) is 0 Å². The Hall–Kier alpha value is -2.37. The topological polar surface area (TPSA) is 61.8 Å². The fourth-order valence-electron chi connectivity index (χ4n) is 3.10. The van der Waals surface area contributed by atoms with Gasteiger partial charge in [-0.15, -0.1) is 0 Å². The van der Waals surface area contributed by atoms with Gasteiger partial charge in [-0.05, 0) is 42.3 Å². The summed E-state index contributed by atoms with van der Waals surface area (Å²) in [4.78, 5) is 13.5. The second-order valence-electron chi connectivity index (χ2n) is 6.31. The van der Waals surface area contributed by atoms with E-state index in [9.17, 15) is 4.79 Å². The first kappa shape index (κ1) is 17.5. The molecule has 1 aliphatic heterocycles. The van der Waals surface area contributed by atoms with E-state index in [1.807, 2.05) is 12.1 Å². The van der Waals surface area contributed by atoms with Crippen molar-refractivity contribution in [3.8, 4) is 0 Å². The summed E-state index contributed by atoms with van der Waals surface area (Å²) in [5.74, 6) is -0.900. The second kappa shape index (κ2) is 8.14. The zero-order valence-corrected chi connectivity index (χ0v) is 14.4. The van der Waals surface area contributed by atoms with E-state index in [4.69, 9.17) is 9.84 Å². The quantitative estimate of drug-likeness (QED) is 0.844. The van der Waals surface area contributed by atoms with Crippen molar-refractivity contribution >= 4 is 11.7 Å². The van der Waals surface area contributed by atoms with Crippen molar-refractivity contribution in [2.75, 3.05) is 31.6 Å². The highest BCUT2D eigenvalue weighted by molar-refractivity contribution is 5.87. The molecular formula is C20H24N2O3. The Morgan fingerprint density at radius 1 is 1.20 bits per heavy atom. The van der Waals surface area contributed by atoms with Crippen molar-refractivity contribution in [3.05, 3.63) is 65.2 Å². The van der Waals surface area contributed by atoms with Crippen LogP contribution in [0.25, 0.3) is 0 Å². The molecule has 1 unspecified atom stereocenters. The Kier molecular flexibility index (Phi) is 5.68. The van der Waals surface area contributed by atoms with Gasteiger partial charge < -0.3 is 15.2 Å². The number of nitrogens with zero attached hydrogens (tertiary/aromatic N) is 1. The molecule has 5 nitrogen and oxygen atoms in total. The minimum absolute atomic E-state index is 0.314. The molecule has 0 spiro atoms. The van der Waals surface area contributed by atoms with Gasteiger partial charge in [-0.25, -0.2) is 4.79 Å². The van der Waals surface area contributed by atoms with Crippen molar-refractivity contribution in [2.45, 2.75) is 19.5 Å². The highest BCUT2D eigenvalue weighted by Crippen LogP contribution is 2.24. The molecule has 2 N–H and O–H groups in total. The first-order valence-corrected chi connectivity index (χ1v) is 8.61. The van der Waals surface area contributed by atoms with Gasteiger partial charge in [0.25, 0.3) is 0 Å². The number of ether oxygens (including phenoxy) is 1. The van der Waals surface area contributed by atoms with Crippen LogP contribution in [0.1, 0.15) is 34.5 Å². The van der Waals surface area contributed by atoms with E-state index in [1.54, 1.807) is 18.2 Å². The Balaban J connectivity index is 1.65. The lowest BCUT2D eigenvalue weighted by Gasteiger charge is -2.32. The minimum Gasteiger partial charge on any atom is -0.478 e. The fraction of sp³-hybridized carbons (Fsp3) is 0.350. The van der Waals surface area contributed by atoms with Crippen LogP contribution in [0.15, 0.2) is 48.5 Å². The number of hydrogen-bond donors (Lipinski definition) is 2. The molecule has 132 valence electrons. The summed E-state index contributed by atoms with van der Waals surface area (Å²) in [6, 6.07) is 15.8. The van der Waals surface area contributed by atoms with E-state index < -0.39 is 5.97 Å². The van der Waals surface area contributed by atoms with Crippen molar-refractivity contribution in [1.82, 2.24) is 4.90 Å². The Morgan fingerprint density at radius 3 is 2.72 bits per heavy atom. The maximum absolute atomic E-state index is 11.1. The number of carboxylic acid groups (broad SMARTS) is 1. The van der Waals surface area contributed by atoms with Crippen LogP contribution in [0.4, 0.5) is 5.69 Å². The second-order valence-corrected chi connectivity index (χ2v) is 6.31. The molecule has 0 bridgehead atoms. The highest BCUT2D eigenvalue weighted by atomic mass is 16.5. The van der Waals surface area contributed by atoms with Crippen LogP contribution in [0, 0.1) is 0 Å². The maximum atomic E-state index is 11.1. The van der Waals surface area contributed by atoms with Gasteiger partial charge in [-0.3, -0.25) is 4.90 Å². The summed E-state index contributed by atoms with van der Waals surface area (Å²) < 4.78 is 5.43. The number of benzene rings is 2. The van der Waals surface area contributed by atoms with E-state index in [0.717, 1.165) is 37.6 Å². The zero-order chi connectivity index (χ0) is 17.6. The Morgan fingerprint density at radius 2 is 1.96 bits per heavy atom. The van der Waals surface area contributed by atoms with Gasteiger partial charge in [-0.1, -0.05) is 24.3 Å². The molecule has 1 fully saturated rings. The number of carboxylic acids is 1. The van der Waals surface area contributed by atoms with Crippen LogP contribution in [0.5, 0.6) is 0 Å². The molecule has 0 amide bonds. The van der Waals surface area contributed by atoms with E-state index in [2.05, 4.69) is 35.3 Å². The molecule has 0 saturated carbocycles. The number of aromatic carboxylic acids is 1. The van der Waals surface area contributed by atoms with E-state index in [1.165, 1.54) is 5.56 Å². The molecule has 1 saturated heterocycles. The van der Waals surface area contributed by atoms with Crippen LogP contribution in [0.3, 0.4) is 0 Å². The van der Waals surface area contributed by atoms with Crippen LogP contribution >= 0.6 is 0 Å². The van der Waals surface area contributed by atoms with Gasteiger partial charge in [0.05, 0.1) is 18.8 Å². The van der Waals surface area contributed by atoms with Gasteiger partial charge in [-0.2, -0.15) is 0 Å². The molecule has 1 atom stereocenters. The van der Waals surface area contributed by atoms with Gasteiger partial charge in [0.1, 0.15) is 0 Å². The van der Waals surface area contributed by atoms with Crippen molar-refractivity contribution < 1.29 is 14.6 Å². The van der Waals surface area contributed by atoms with Gasteiger partial charge in [0, 0.05) is 31.4 Å². The van der Waals surface area contributed by atoms with Crippen molar-refractivity contribution in [1.29, 1.82) is 0 Å². The summed E-state index contributed by atoms with van der Waals surface area (Å²) in [5, 5.41) is 12.5. The van der Waals surface area contributed by atoms with Gasteiger partial charge in [0.2, 0.25) is 0 Å². The predicted molar refractivity (Wildman–Crippen MR) is 98.0 cm³/mol. The average molecular weight is 340 g/mol. The van der Waals surface area contributed by atoms with E-state index in [0.29, 0.717) is 18.2 Å². The zero-order valence-electron chi connectivity index (χ0n) is 14.4. The molecule has 1 aliphatic rings. The molecule has 0 aromatic heterocycles. The molecule has 0 radical (unpaired) electrons. The number of anilines is 1. The monoisotopic (exact) mass is 340 g/mol. The molecule has 5 heteroatoms. The first-order valence-electron chi connectivity index (χ1n) is 8.61. The first-order chi connectivity index (χ1) is 12.1. The van der Waals surface area contributed by atoms with E-state index >= 15 is 0 Å². The number of morpholine rings is 1. The molecule has 2 aromatic rings. The number of rotatable bonds is 6. The van der Waals surface area contributed by atoms with Crippen LogP contribution < -0.4 is 5.32 Å². The predicted octanol–water partition coefficient (Wildman–Crippen LogP) is 3.39. The number of nitrogens with one attached hydrogen (secondary N) is 1. The van der Waals surface area contributed by atoms with Crippen LogP contribution in [0.2, 0.25) is 0 Å². The van der Waals surface area contributed by atoms with Crippen LogP contribution in [-0.4, -0.2) is 42.3 Å². The fourth-order valence-corrected chi connectivity index (χ4v) is 3.10. The largest absolute Gasteiger partial charge is 0.478 e. The summed E-state index contributed by atoms with van der Waals surface area (Å²) >= 11 is 0.